The lowest BCUT2D eigenvalue weighted by molar-refractivity contribution is -0.394. The highest BCUT2D eigenvalue weighted by molar-refractivity contribution is 14.1. The SMILES string of the molecule is Cc1nc2sc3c(-c4n(-c5c(C)cccc5C)c5ccccc5[n+]4I)c(C)ccc3c2o1. The van der Waals surface area contributed by atoms with E-state index in [4.69, 9.17) is 4.42 Å². The van der Waals surface area contributed by atoms with E-state index in [0.29, 0.717) is 5.89 Å². The third kappa shape index (κ3) is 2.72. The second-order valence-corrected chi connectivity index (χ2v) is 10.2. The topological polar surface area (TPSA) is 34.8 Å². The number of aryl methyl sites for hydroxylation is 4. The Kier molecular flexibility index (Phi) is 4.45. The quantitative estimate of drug-likeness (QED) is 0.211. The summed E-state index contributed by atoms with van der Waals surface area (Å²) in [6, 6.07) is 19.5. The monoisotopic (exact) mass is 550 g/mol. The van der Waals surface area contributed by atoms with E-state index in [9.17, 15) is 0 Å². The number of hydrogen-bond acceptors (Lipinski definition) is 3. The molecule has 0 unspecified atom stereocenters. The average molecular weight is 550 g/mol. The Morgan fingerprint density at radius 2 is 1.66 bits per heavy atom. The molecule has 0 N–H and O–H groups in total. The van der Waals surface area contributed by atoms with Gasteiger partial charge in [0, 0.05) is 12.3 Å². The van der Waals surface area contributed by atoms with Gasteiger partial charge in [-0.25, -0.2) is 4.98 Å². The van der Waals surface area contributed by atoms with E-state index >= 15 is 0 Å². The molecular formula is C26H21IN3OS+. The van der Waals surface area contributed by atoms with Crippen molar-refractivity contribution in [1.29, 1.82) is 0 Å². The van der Waals surface area contributed by atoms with Gasteiger partial charge in [-0.05, 0) is 55.7 Å². The maximum Gasteiger partial charge on any atom is 0.305 e. The van der Waals surface area contributed by atoms with Gasteiger partial charge in [0.2, 0.25) is 22.9 Å². The molecule has 0 spiro atoms. The van der Waals surface area contributed by atoms with Crippen LogP contribution in [-0.4, -0.2) is 9.55 Å². The van der Waals surface area contributed by atoms with Crippen molar-refractivity contribution < 1.29 is 7.20 Å². The summed E-state index contributed by atoms with van der Waals surface area (Å²) in [6.07, 6.45) is 0. The summed E-state index contributed by atoms with van der Waals surface area (Å²) in [5.41, 5.74) is 9.48. The maximum atomic E-state index is 5.98. The molecule has 4 nitrogen and oxygen atoms in total. The number of halogens is 1. The van der Waals surface area contributed by atoms with Crippen LogP contribution < -0.4 is 2.78 Å². The molecule has 0 amide bonds. The summed E-state index contributed by atoms with van der Waals surface area (Å²) in [5.74, 6) is 1.87. The molecule has 0 saturated carbocycles. The Bertz CT molecular complexity index is 1670. The minimum absolute atomic E-state index is 0.712. The van der Waals surface area contributed by atoms with Crippen LogP contribution in [0.1, 0.15) is 22.6 Å². The molecule has 0 aliphatic heterocycles. The lowest BCUT2D eigenvalue weighted by Crippen LogP contribution is -2.22. The van der Waals surface area contributed by atoms with E-state index < -0.39 is 0 Å². The molecule has 0 bridgehead atoms. The van der Waals surface area contributed by atoms with Crippen molar-refractivity contribution in [2.24, 2.45) is 0 Å². The van der Waals surface area contributed by atoms with Gasteiger partial charge in [-0.1, -0.05) is 36.4 Å². The fraction of sp³-hybridized carbons (Fsp3) is 0.154. The molecular weight excluding hydrogens is 529 g/mol. The molecule has 158 valence electrons. The molecule has 0 atom stereocenters. The van der Waals surface area contributed by atoms with Crippen LogP contribution in [0.4, 0.5) is 0 Å². The Morgan fingerprint density at radius 1 is 0.906 bits per heavy atom. The number of oxazole rings is 1. The second kappa shape index (κ2) is 7.15. The zero-order valence-electron chi connectivity index (χ0n) is 18.2. The fourth-order valence-corrected chi connectivity index (χ4v) is 6.82. The maximum absolute atomic E-state index is 5.98. The number of nitrogens with zero attached hydrogens (tertiary/aromatic N) is 3. The molecule has 3 aromatic carbocycles. The molecule has 6 heteroatoms. The fourth-order valence-electron chi connectivity index (χ4n) is 4.72. The third-order valence-electron chi connectivity index (χ3n) is 6.13. The van der Waals surface area contributed by atoms with Crippen molar-refractivity contribution >= 4 is 65.7 Å². The highest BCUT2D eigenvalue weighted by Gasteiger charge is 2.32. The van der Waals surface area contributed by atoms with Crippen molar-refractivity contribution in [3.63, 3.8) is 0 Å². The highest BCUT2D eigenvalue weighted by Crippen LogP contribution is 2.43. The molecule has 6 aromatic rings. The number of fused-ring (bicyclic) bond motifs is 4. The van der Waals surface area contributed by atoms with Crippen LogP contribution in [0.25, 0.3) is 48.6 Å². The molecule has 6 rings (SSSR count). The minimum Gasteiger partial charge on any atom is -0.439 e. The predicted molar refractivity (Wildman–Crippen MR) is 140 cm³/mol. The van der Waals surface area contributed by atoms with Crippen LogP contribution >= 0.6 is 34.2 Å². The first-order valence-electron chi connectivity index (χ1n) is 10.5. The molecule has 32 heavy (non-hydrogen) atoms. The molecule has 0 radical (unpaired) electrons. The molecule has 0 saturated heterocycles. The first-order chi connectivity index (χ1) is 15.5. The van der Waals surface area contributed by atoms with Gasteiger partial charge in [0.1, 0.15) is 5.69 Å². The second-order valence-electron chi connectivity index (χ2n) is 8.27. The summed E-state index contributed by atoms with van der Waals surface area (Å²) < 4.78 is 11.9. The normalized spacial score (nSPS) is 11.9. The van der Waals surface area contributed by atoms with Gasteiger partial charge in [0.25, 0.3) is 0 Å². The number of benzene rings is 3. The van der Waals surface area contributed by atoms with Gasteiger partial charge in [-0.3, -0.25) is 0 Å². The van der Waals surface area contributed by atoms with Crippen LogP contribution in [0.3, 0.4) is 0 Å². The summed E-state index contributed by atoms with van der Waals surface area (Å²) in [7, 11) is 0. The Morgan fingerprint density at radius 3 is 2.44 bits per heavy atom. The van der Waals surface area contributed by atoms with E-state index in [-0.39, 0.29) is 0 Å². The Labute approximate surface area is 203 Å². The zero-order chi connectivity index (χ0) is 22.1. The van der Waals surface area contributed by atoms with Crippen LogP contribution in [0.2, 0.25) is 0 Å². The first kappa shape index (κ1) is 19.9. The van der Waals surface area contributed by atoms with E-state index in [1.807, 2.05) is 6.92 Å². The van der Waals surface area contributed by atoms with E-state index in [1.54, 1.807) is 11.3 Å². The van der Waals surface area contributed by atoms with Crippen LogP contribution in [-0.2, 0) is 0 Å². The van der Waals surface area contributed by atoms with Gasteiger partial charge >= 0.3 is 5.82 Å². The van der Waals surface area contributed by atoms with Crippen molar-refractivity contribution in [3.8, 4) is 17.1 Å². The number of thiophene rings is 1. The number of hydrogen-bond donors (Lipinski definition) is 0. The van der Waals surface area contributed by atoms with Gasteiger partial charge in [0.15, 0.2) is 27.3 Å². The number of rotatable bonds is 2. The van der Waals surface area contributed by atoms with Crippen molar-refractivity contribution in [2.75, 3.05) is 0 Å². The van der Waals surface area contributed by atoms with E-state index in [1.165, 1.54) is 43.7 Å². The summed E-state index contributed by atoms with van der Waals surface area (Å²) in [6.45, 7) is 8.48. The minimum atomic E-state index is 0.712. The standard InChI is InChI=1S/C26H21IN3OS/c1-14-12-13-18-23-25(28-17(4)31-23)32-24(18)21(14)26-29(22-15(2)8-7-9-16(22)3)19-10-5-6-11-20(19)30(26)27/h5-13H,1-4H3/q+1. The van der Waals surface area contributed by atoms with Crippen molar-refractivity contribution in [2.45, 2.75) is 27.7 Å². The summed E-state index contributed by atoms with van der Waals surface area (Å²) in [5, 5.41) is 1.13. The van der Waals surface area contributed by atoms with E-state index in [2.05, 4.69) is 111 Å². The van der Waals surface area contributed by atoms with E-state index in [0.717, 1.165) is 21.6 Å². The Balaban J connectivity index is 1.82. The first-order valence-corrected chi connectivity index (χ1v) is 12.3. The lowest BCUT2D eigenvalue weighted by Gasteiger charge is -2.11. The lowest BCUT2D eigenvalue weighted by atomic mass is 10.0. The van der Waals surface area contributed by atoms with Crippen LogP contribution in [0, 0.1) is 27.7 Å². The predicted octanol–water partition coefficient (Wildman–Crippen LogP) is 7.37. The van der Waals surface area contributed by atoms with Gasteiger partial charge in [0.05, 0.1) is 10.3 Å². The average Bonchev–Trinajstić information content (AvgIpc) is 3.38. The van der Waals surface area contributed by atoms with Crippen molar-refractivity contribution in [1.82, 2.24) is 9.55 Å². The summed E-state index contributed by atoms with van der Waals surface area (Å²) >= 11 is 4.16. The Hall–Kier alpha value is -2.71. The number of aromatic nitrogens is 3. The molecule has 0 fully saturated rings. The zero-order valence-corrected chi connectivity index (χ0v) is 21.2. The smallest absolute Gasteiger partial charge is 0.305 e. The largest absolute Gasteiger partial charge is 0.439 e. The van der Waals surface area contributed by atoms with Crippen molar-refractivity contribution in [3.05, 3.63) is 77.2 Å². The molecule has 3 aromatic heterocycles. The molecule has 3 heterocycles. The molecule has 0 aliphatic rings. The third-order valence-corrected chi connectivity index (χ3v) is 8.21. The van der Waals surface area contributed by atoms with Crippen LogP contribution in [0.15, 0.2) is 59.0 Å². The summed E-state index contributed by atoms with van der Waals surface area (Å²) in [4.78, 5) is 5.58. The number of imidazole rings is 1. The van der Waals surface area contributed by atoms with Gasteiger partial charge in [-0.15, -0.1) is 11.3 Å². The van der Waals surface area contributed by atoms with Gasteiger partial charge < -0.3 is 4.42 Å². The molecule has 0 aliphatic carbocycles. The number of para-hydroxylation sites is 3. The van der Waals surface area contributed by atoms with Crippen LogP contribution in [0.5, 0.6) is 0 Å². The van der Waals surface area contributed by atoms with Gasteiger partial charge in [-0.2, -0.15) is 7.35 Å². The highest BCUT2D eigenvalue weighted by atomic mass is 127.